The minimum Gasteiger partial charge on any atom is -0.462 e. The Labute approximate surface area is 182 Å². The predicted molar refractivity (Wildman–Crippen MR) is 119 cm³/mol. The normalized spacial score (nSPS) is 15.2. The molecule has 0 N–H and O–H groups in total. The molecule has 0 unspecified atom stereocenters. The number of rotatable bonds is 7. The largest absolute Gasteiger partial charge is 0.462 e. The Hall–Kier alpha value is -1.90. The fourth-order valence-electron chi connectivity index (χ4n) is 3.83. The third-order valence-electron chi connectivity index (χ3n) is 5.22. The first-order valence-electron chi connectivity index (χ1n) is 9.94. The number of hydrogen-bond acceptors (Lipinski definition) is 7. The van der Waals surface area contributed by atoms with Crippen molar-refractivity contribution in [2.75, 3.05) is 0 Å². The second kappa shape index (κ2) is 8.85. The lowest BCUT2D eigenvalue weighted by Crippen LogP contribution is -2.16. The zero-order valence-corrected chi connectivity index (χ0v) is 18.4. The predicted octanol–water partition coefficient (Wildman–Crippen LogP) is 6.44. The van der Waals surface area contributed by atoms with Crippen LogP contribution in [0.25, 0.3) is 10.8 Å². The monoisotopic (exact) mass is 442 g/mol. The van der Waals surface area contributed by atoms with Gasteiger partial charge in [0.2, 0.25) is 0 Å². The summed E-state index contributed by atoms with van der Waals surface area (Å²) in [5, 5.41) is 15.4. The van der Waals surface area contributed by atoms with Gasteiger partial charge in [0.1, 0.15) is 5.82 Å². The molecule has 4 heterocycles. The standard InChI is InChI=1S/C21H22N4OS3/c1-2-6-16(7-3-1)25-19(12-17-8-5-11-27-17)23-24-21(25)29-14-15-13-28-20(22-15)18-9-4-10-26-18/h4-5,8-11,13,16H,1-3,6-7,12,14H2. The molecule has 4 aromatic heterocycles. The summed E-state index contributed by atoms with van der Waals surface area (Å²) in [7, 11) is 0. The molecule has 0 bridgehead atoms. The number of furan rings is 1. The lowest BCUT2D eigenvalue weighted by molar-refractivity contribution is 0.330. The van der Waals surface area contributed by atoms with Gasteiger partial charge in [-0.1, -0.05) is 37.1 Å². The van der Waals surface area contributed by atoms with Crippen LogP contribution in [0, 0.1) is 0 Å². The van der Waals surface area contributed by atoms with Gasteiger partial charge in [-0.2, -0.15) is 0 Å². The van der Waals surface area contributed by atoms with Crippen molar-refractivity contribution in [1.82, 2.24) is 19.7 Å². The smallest absolute Gasteiger partial charge is 0.191 e. The molecule has 150 valence electrons. The first kappa shape index (κ1) is 19.1. The van der Waals surface area contributed by atoms with Crippen LogP contribution in [-0.4, -0.2) is 19.7 Å². The van der Waals surface area contributed by atoms with E-state index in [1.165, 1.54) is 37.0 Å². The molecule has 0 aromatic carbocycles. The van der Waals surface area contributed by atoms with E-state index in [1.807, 2.05) is 12.1 Å². The van der Waals surface area contributed by atoms with Gasteiger partial charge in [0.25, 0.3) is 0 Å². The van der Waals surface area contributed by atoms with E-state index in [0.29, 0.717) is 6.04 Å². The second-order valence-electron chi connectivity index (χ2n) is 7.23. The number of thiazole rings is 1. The van der Waals surface area contributed by atoms with Gasteiger partial charge in [-0.15, -0.1) is 32.9 Å². The highest BCUT2D eigenvalue weighted by Crippen LogP contribution is 2.35. The quantitative estimate of drug-likeness (QED) is 0.308. The molecule has 1 saturated carbocycles. The Morgan fingerprint density at radius 3 is 2.83 bits per heavy atom. The van der Waals surface area contributed by atoms with E-state index in [1.54, 1.807) is 40.7 Å². The van der Waals surface area contributed by atoms with Crippen LogP contribution in [0.5, 0.6) is 0 Å². The number of aromatic nitrogens is 4. The third kappa shape index (κ3) is 4.34. The zero-order chi connectivity index (χ0) is 19.5. The summed E-state index contributed by atoms with van der Waals surface area (Å²) in [6, 6.07) is 8.66. The lowest BCUT2D eigenvalue weighted by Gasteiger charge is -2.25. The molecule has 0 aliphatic heterocycles. The molecule has 1 fully saturated rings. The van der Waals surface area contributed by atoms with Crippen LogP contribution in [0.15, 0.2) is 50.9 Å². The van der Waals surface area contributed by atoms with E-state index < -0.39 is 0 Å². The van der Waals surface area contributed by atoms with Crippen LogP contribution in [0.3, 0.4) is 0 Å². The van der Waals surface area contributed by atoms with Crippen LogP contribution < -0.4 is 0 Å². The summed E-state index contributed by atoms with van der Waals surface area (Å²) in [6.45, 7) is 0. The highest BCUT2D eigenvalue weighted by Gasteiger charge is 2.23. The van der Waals surface area contributed by atoms with Crippen molar-refractivity contribution < 1.29 is 4.42 Å². The van der Waals surface area contributed by atoms with Gasteiger partial charge in [-0.25, -0.2) is 4.98 Å². The number of hydrogen-bond donors (Lipinski definition) is 0. The summed E-state index contributed by atoms with van der Waals surface area (Å²) >= 11 is 5.16. The van der Waals surface area contributed by atoms with Gasteiger partial charge >= 0.3 is 0 Å². The Morgan fingerprint density at radius 1 is 1.10 bits per heavy atom. The fraction of sp³-hybridized carbons (Fsp3) is 0.381. The van der Waals surface area contributed by atoms with Crippen molar-refractivity contribution in [3.8, 4) is 10.8 Å². The molecule has 5 rings (SSSR count). The van der Waals surface area contributed by atoms with E-state index in [4.69, 9.17) is 9.40 Å². The minimum atomic E-state index is 0.519. The maximum Gasteiger partial charge on any atom is 0.191 e. The summed E-state index contributed by atoms with van der Waals surface area (Å²) in [6.07, 6.45) is 8.93. The average molecular weight is 443 g/mol. The molecule has 0 amide bonds. The minimum absolute atomic E-state index is 0.519. The Morgan fingerprint density at radius 2 is 2.03 bits per heavy atom. The van der Waals surface area contributed by atoms with Gasteiger partial charge in [-0.05, 0) is 36.4 Å². The van der Waals surface area contributed by atoms with Crippen LogP contribution in [0.2, 0.25) is 0 Å². The van der Waals surface area contributed by atoms with Crippen molar-refractivity contribution in [1.29, 1.82) is 0 Å². The van der Waals surface area contributed by atoms with Gasteiger partial charge in [0.15, 0.2) is 15.9 Å². The molecule has 5 nitrogen and oxygen atoms in total. The number of thiophene rings is 1. The van der Waals surface area contributed by atoms with Crippen LogP contribution in [0.4, 0.5) is 0 Å². The fourth-order valence-corrected chi connectivity index (χ4v) is 6.34. The van der Waals surface area contributed by atoms with E-state index in [2.05, 4.69) is 37.7 Å². The van der Waals surface area contributed by atoms with Gasteiger partial charge in [-0.3, -0.25) is 0 Å². The number of nitrogens with zero attached hydrogens (tertiary/aromatic N) is 4. The van der Waals surface area contributed by atoms with Crippen molar-refractivity contribution in [3.05, 3.63) is 57.7 Å². The summed E-state index contributed by atoms with van der Waals surface area (Å²) < 4.78 is 7.88. The van der Waals surface area contributed by atoms with E-state index in [-0.39, 0.29) is 0 Å². The van der Waals surface area contributed by atoms with Crippen LogP contribution in [0.1, 0.15) is 54.5 Å². The van der Waals surface area contributed by atoms with E-state index in [9.17, 15) is 0 Å². The summed E-state index contributed by atoms with van der Waals surface area (Å²) in [4.78, 5) is 6.07. The average Bonchev–Trinajstić information content (AvgIpc) is 3.54. The second-order valence-corrected chi connectivity index (χ2v) is 10.1. The molecule has 1 aliphatic rings. The molecule has 0 saturated heterocycles. The van der Waals surface area contributed by atoms with Crippen molar-refractivity contribution >= 4 is 34.4 Å². The first-order chi connectivity index (χ1) is 14.4. The highest BCUT2D eigenvalue weighted by atomic mass is 32.2. The Kier molecular flexibility index (Phi) is 5.83. The van der Waals surface area contributed by atoms with Crippen LogP contribution >= 0.6 is 34.4 Å². The van der Waals surface area contributed by atoms with E-state index in [0.717, 1.165) is 39.6 Å². The van der Waals surface area contributed by atoms with Gasteiger partial charge < -0.3 is 8.98 Å². The lowest BCUT2D eigenvalue weighted by atomic mass is 9.95. The van der Waals surface area contributed by atoms with Crippen molar-refractivity contribution in [3.63, 3.8) is 0 Å². The molecule has 0 radical (unpaired) electrons. The molecule has 29 heavy (non-hydrogen) atoms. The maximum atomic E-state index is 5.46. The molecule has 0 spiro atoms. The molecule has 8 heteroatoms. The van der Waals surface area contributed by atoms with Gasteiger partial charge in [0, 0.05) is 28.5 Å². The zero-order valence-electron chi connectivity index (χ0n) is 16.0. The summed E-state index contributed by atoms with van der Waals surface area (Å²) in [5.41, 5.74) is 1.06. The van der Waals surface area contributed by atoms with E-state index >= 15 is 0 Å². The summed E-state index contributed by atoms with van der Waals surface area (Å²) in [5.74, 6) is 2.72. The highest BCUT2D eigenvalue weighted by molar-refractivity contribution is 7.98. The van der Waals surface area contributed by atoms with Crippen molar-refractivity contribution in [2.24, 2.45) is 0 Å². The topological polar surface area (TPSA) is 56.7 Å². The molecular formula is C21H22N4OS3. The molecule has 0 atom stereocenters. The molecule has 1 aliphatic carbocycles. The maximum absolute atomic E-state index is 5.46. The third-order valence-corrected chi connectivity index (χ3v) is 7.98. The SMILES string of the molecule is c1coc(-c2nc(CSc3nnc(Cc4cccs4)n3C3CCCCC3)cs2)c1. The Balaban J connectivity index is 1.35. The number of thioether (sulfide) groups is 1. The first-order valence-corrected chi connectivity index (χ1v) is 12.7. The van der Waals surface area contributed by atoms with Gasteiger partial charge in [0.05, 0.1) is 12.0 Å². The molecule has 4 aromatic rings. The van der Waals surface area contributed by atoms with Crippen molar-refractivity contribution in [2.45, 2.75) is 55.5 Å². The Bertz CT molecular complexity index is 1030. The molecular weight excluding hydrogens is 420 g/mol. The van der Waals surface area contributed by atoms with Crippen LogP contribution in [-0.2, 0) is 12.2 Å².